The maximum Gasteiger partial charge on any atom is 0.205 e. The van der Waals surface area contributed by atoms with Gasteiger partial charge in [0, 0.05) is 38.1 Å². The maximum absolute atomic E-state index is 4.50. The molecule has 0 bridgehead atoms. The Bertz CT molecular complexity index is 363. The first kappa shape index (κ1) is 11.1. The summed E-state index contributed by atoms with van der Waals surface area (Å²) in [6.45, 7) is 2.30. The van der Waals surface area contributed by atoms with Crippen LogP contribution in [0.2, 0.25) is 0 Å². The van der Waals surface area contributed by atoms with Gasteiger partial charge in [-0.25, -0.2) is 4.98 Å². The average molecular weight is 234 g/mol. The fraction of sp³-hybridized carbons (Fsp3) is 0.769. The van der Waals surface area contributed by atoms with Gasteiger partial charge in [-0.05, 0) is 32.2 Å². The lowest BCUT2D eigenvalue weighted by atomic mass is 10.0. The summed E-state index contributed by atoms with van der Waals surface area (Å²) in [7, 11) is 2.09. The molecule has 4 nitrogen and oxygen atoms in total. The Hall–Kier alpha value is -1.03. The molecule has 2 aliphatic rings. The second-order valence-electron chi connectivity index (χ2n) is 5.37. The van der Waals surface area contributed by atoms with Gasteiger partial charge in [0.25, 0.3) is 0 Å². The van der Waals surface area contributed by atoms with Crippen LogP contribution in [0.4, 0.5) is 5.95 Å². The molecule has 0 amide bonds. The molecule has 2 heterocycles. The molecule has 1 saturated heterocycles. The van der Waals surface area contributed by atoms with E-state index >= 15 is 0 Å². The molecule has 1 atom stereocenters. The summed E-state index contributed by atoms with van der Waals surface area (Å²) in [6.07, 6.45) is 10.6. The van der Waals surface area contributed by atoms with E-state index < -0.39 is 0 Å². The van der Waals surface area contributed by atoms with Gasteiger partial charge < -0.3 is 14.8 Å². The number of aromatic nitrogens is 2. The van der Waals surface area contributed by atoms with E-state index in [0.29, 0.717) is 6.04 Å². The van der Waals surface area contributed by atoms with Crippen LogP contribution < -0.4 is 10.2 Å². The third-order valence-corrected chi connectivity index (χ3v) is 3.87. The number of piperidine rings is 1. The van der Waals surface area contributed by atoms with Gasteiger partial charge in [0.05, 0.1) is 0 Å². The zero-order valence-corrected chi connectivity index (χ0v) is 10.6. The lowest BCUT2D eigenvalue weighted by Gasteiger charge is -2.31. The number of imidazole rings is 1. The van der Waals surface area contributed by atoms with Gasteiger partial charge >= 0.3 is 0 Å². The molecule has 1 aromatic heterocycles. The minimum Gasteiger partial charge on any atom is -0.338 e. The Morgan fingerprint density at radius 1 is 1.41 bits per heavy atom. The second-order valence-corrected chi connectivity index (χ2v) is 5.37. The number of hydrogen-bond acceptors (Lipinski definition) is 3. The van der Waals surface area contributed by atoms with Crippen LogP contribution in [0.15, 0.2) is 12.4 Å². The number of aryl methyl sites for hydroxylation is 1. The van der Waals surface area contributed by atoms with E-state index in [1.54, 1.807) is 0 Å². The Morgan fingerprint density at radius 3 is 2.88 bits per heavy atom. The Morgan fingerprint density at radius 2 is 2.29 bits per heavy atom. The second kappa shape index (κ2) is 4.69. The van der Waals surface area contributed by atoms with Gasteiger partial charge in [0.1, 0.15) is 0 Å². The molecular weight excluding hydrogens is 212 g/mol. The van der Waals surface area contributed by atoms with Crippen LogP contribution in [-0.2, 0) is 7.05 Å². The molecule has 4 heteroatoms. The van der Waals surface area contributed by atoms with Crippen molar-refractivity contribution in [2.24, 2.45) is 7.05 Å². The Balaban J connectivity index is 1.69. The number of rotatable bonds is 4. The van der Waals surface area contributed by atoms with Gasteiger partial charge in [0.15, 0.2) is 0 Å². The summed E-state index contributed by atoms with van der Waals surface area (Å²) in [5, 5.41) is 3.63. The smallest absolute Gasteiger partial charge is 0.205 e. The van der Waals surface area contributed by atoms with Crippen LogP contribution in [0, 0.1) is 0 Å². The van der Waals surface area contributed by atoms with Crippen molar-refractivity contribution in [3.8, 4) is 0 Å². The van der Waals surface area contributed by atoms with E-state index in [1.165, 1.54) is 38.6 Å². The zero-order valence-electron chi connectivity index (χ0n) is 10.6. The summed E-state index contributed by atoms with van der Waals surface area (Å²) < 4.78 is 2.14. The predicted molar refractivity (Wildman–Crippen MR) is 69.2 cm³/mol. The standard InChI is InChI=1S/C13H22N4/c1-16-9-8-15-13(16)17(12-5-6-12)10-11-4-2-3-7-14-11/h8-9,11-12,14H,2-7,10H2,1H3. The van der Waals surface area contributed by atoms with Crippen molar-refractivity contribution >= 4 is 5.95 Å². The molecule has 1 saturated carbocycles. The highest BCUT2D eigenvalue weighted by Gasteiger charge is 2.32. The third kappa shape index (κ3) is 2.46. The van der Waals surface area contributed by atoms with E-state index in [-0.39, 0.29) is 0 Å². The molecule has 0 radical (unpaired) electrons. The molecule has 1 aromatic rings. The van der Waals surface area contributed by atoms with Crippen LogP contribution in [0.3, 0.4) is 0 Å². The minimum absolute atomic E-state index is 0.654. The van der Waals surface area contributed by atoms with Gasteiger partial charge in [0.2, 0.25) is 5.95 Å². The van der Waals surface area contributed by atoms with Gasteiger partial charge in [-0.2, -0.15) is 0 Å². The van der Waals surface area contributed by atoms with Crippen LogP contribution in [0.25, 0.3) is 0 Å². The van der Waals surface area contributed by atoms with Crippen LogP contribution in [-0.4, -0.2) is 34.7 Å². The van der Waals surface area contributed by atoms with Crippen LogP contribution in [0.1, 0.15) is 32.1 Å². The first-order valence-electron chi connectivity index (χ1n) is 6.82. The van der Waals surface area contributed by atoms with E-state index in [1.807, 2.05) is 12.4 Å². The molecule has 17 heavy (non-hydrogen) atoms. The van der Waals surface area contributed by atoms with Crippen molar-refractivity contribution in [1.82, 2.24) is 14.9 Å². The van der Waals surface area contributed by atoms with Crippen molar-refractivity contribution in [2.75, 3.05) is 18.0 Å². The number of anilines is 1. The topological polar surface area (TPSA) is 33.1 Å². The predicted octanol–water partition coefficient (Wildman–Crippen LogP) is 1.53. The number of nitrogens with zero attached hydrogens (tertiary/aromatic N) is 3. The van der Waals surface area contributed by atoms with Crippen molar-refractivity contribution in [2.45, 2.75) is 44.2 Å². The minimum atomic E-state index is 0.654. The summed E-state index contributed by atoms with van der Waals surface area (Å²) in [4.78, 5) is 7.01. The normalized spacial score (nSPS) is 24.9. The summed E-state index contributed by atoms with van der Waals surface area (Å²) in [6, 6.07) is 1.39. The average Bonchev–Trinajstić information content (AvgIpc) is 3.11. The van der Waals surface area contributed by atoms with Crippen molar-refractivity contribution in [3.05, 3.63) is 12.4 Å². The molecule has 0 spiro atoms. The SMILES string of the molecule is Cn1ccnc1N(CC1CCCCN1)C1CC1. The number of nitrogens with one attached hydrogen (secondary N) is 1. The van der Waals surface area contributed by atoms with Crippen LogP contribution >= 0.6 is 0 Å². The van der Waals surface area contributed by atoms with Crippen molar-refractivity contribution in [1.29, 1.82) is 0 Å². The first-order valence-corrected chi connectivity index (χ1v) is 6.82. The highest BCUT2D eigenvalue weighted by Crippen LogP contribution is 2.31. The molecule has 1 unspecified atom stereocenters. The first-order chi connectivity index (χ1) is 8.34. The van der Waals surface area contributed by atoms with Gasteiger partial charge in [-0.3, -0.25) is 0 Å². The highest BCUT2D eigenvalue weighted by atomic mass is 15.3. The van der Waals surface area contributed by atoms with Crippen LogP contribution in [0.5, 0.6) is 0 Å². The molecule has 3 rings (SSSR count). The van der Waals surface area contributed by atoms with E-state index in [0.717, 1.165) is 18.5 Å². The van der Waals surface area contributed by atoms with E-state index in [2.05, 4.69) is 26.8 Å². The number of hydrogen-bond donors (Lipinski definition) is 1. The molecule has 1 aliphatic carbocycles. The van der Waals surface area contributed by atoms with E-state index in [4.69, 9.17) is 0 Å². The molecule has 1 aliphatic heterocycles. The maximum atomic E-state index is 4.50. The molecule has 94 valence electrons. The quantitative estimate of drug-likeness (QED) is 0.857. The summed E-state index contributed by atoms with van der Waals surface area (Å²) in [5.41, 5.74) is 0. The highest BCUT2D eigenvalue weighted by molar-refractivity contribution is 5.35. The third-order valence-electron chi connectivity index (χ3n) is 3.87. The molecule has 2 fully saturated rings. The lowest BCUT2D eigenvalue weighted by molar-refractivity contribution is 0.396. The fourth-order valence-electron chi connectivity index (χ4n) is 2.73. The zero-order chi connectivity index (χ0) is 11.7. The summed E-state index contributed by atoms with van der Waals surface area (Å²) >= 11 is 0. The molecular formula is C13H22N4. The van der Waals surface area contributed by atoms with E-state index in [9.17, 15) is 0 Å². The van der Waals surface area contributed by atoms with Gasteiger partial charge in [-0.15, -0.1) is 0 Å². The Labute approximate surface area is 103 Å². The monoisotopic (exact) mass is 234 g/mol. The Kier molecular flexibility index (Phi) is 3.05. The summed E-state index contributed by atoms with van der Waals surface area (Å²) in [5.74, 6) is 1.14. The fourth-order valence-corrected chi connectivity index (χ4v) is 2.73. The van der Waals surface area contributed by atoms with Crippen molar-refractivity contribution in [3.63, 3.8) is 0 Å². The molecule has 1 N–H and O–H groups in total. The van der Waals surface area contributed by atoms with Crippen molar-refractivity contribution < 1.29 is 0 Å². The van der Waals surface area contributed by atoms with Gasteiger partial charge in [-0.1, -0.05) is 6.42 Å². The largest absolute Gasteiger partial charge is 0.338 e. The molecule has 0 aromatic carbocycles. The lowest BCUT2D eigenvalue weighted by Crippen LogP contribution is -2.45.